The Kier molecular flexibility index (Phi) is 4.97. The molecule has 2 heterocycles. The Labute approximate surface area is 110 Å². The van der Waals surface area contributed by atoms with Gasteiger partial charge < -0.3 is 20.0 Å². The van der Waals surface area contributed by atoms with Gasteiger partial charge in [-0.2, -0.15) is 0 Å². The highest BCUT2D eigenvalue weighted by atomic mass is 16.2. The van der Waals surface area contributed by atoms with Gasteiger partial charge in [0.25, 0.3) is 0 Å². The number of hydrogen-bond acceptors (Lipinski definition) is 4. The fraction of sp³-hybridized carbons (Fsp3) is 0.923. The average Bonchev–Trinajstić information content (AvgIpc) is 2.83. The molecule has 1 amide bonds. The number of carbonyl (C=O) groups is 1. The molecule has 0 radical (unpaired) electrons. The minimum absolute atomic E-state index is 0.300. The van der Waals surface area contributed by atoms with E-state index in [1.165, 1.54) is 0 Å². The number of nitrogens with one attached hydrogen (secondary N) is 1. The molecular weight excluding hydrogens is 228 g/mol. The molecular formula is C13H26N4O. The van der Waals surface area contributed by atoms with Crippen LogP contribution in [0.1, 0.15) is 12.8 Å². The van der Waals surface area contributed by atoms with Gasteiger partial charge in [0.05, 0.1) is 0 Å². The van der Waals surface area contributed by atoms with Crippen LogP contribution in [-0.2, 0) is 4.79 Å². The maximum absolute atomic E-state index is 12.1. The van der Waals surface area contributed by atoms with Gasteiger partial charge >= 0.3 is 0 Å². The Morgan fingerprint density at radius 1 is 1.33 bits per heavy atom. The average molecular weight is 254 g/mol. The van der Waals surface area contributed by atoms with E-state index in [0.717, 1.165) is 52.2 Å². The lowest BCUT2D eigenvalue weighted by Gasteiger charge is -2.29. The van der Waals surface area contributed by atoms with Crippen LogP contribution in [0.3, 0.4) is 0 Å². The molecule has 5 nitrogen and oxygen atoms in total. The molecule has 0 aliphatic carbocycles. The van der Waals surface area contributed by atoms with Crippen molar-refractivity contribution in [3.05, 3.63) is 0 Å². The van der Waals surface area contributed by atoms with E-state index < -0.39 is 0 Å². The van der Waals surface area contributed by atoms with Crippen LogP contribution >= 0.6 is 0 Å². The van der Waals surface area contributed by atoms with Gasteiger partial charge in [0.15, 0.2) is 0 Å². The van der Waals surface area contributed by atoms with Gasteiger partial charge in [-0.3, -0.25) is 4.79 Å². The highest BCUT2D eigenvalue weighted by Crippen LogP contribution is 2.13. The van der Waals surface area contributed by atoms with E-state index in [1.807, 2.05) is 11.9 Å². The van der Waals surface area contributed by atoms with E-state index in [9.17, 15) is 4.79 Å². The first-order valence-electron chi connectivity index (χ1n) is 7.04. The monoisotopic (exact) mass is 254 g/mol. The van der Waals surface area contributed by atoms with Gasteiger partial charge in [-0.1, -0.05) is 0 Å². The molecule has 0 saturated carbocycles. The molecule has 2 aliphatic heterocycles. The quantitative estimate of drug-likeness (QED) is 0.730. The number of rotatable bonds is 4. The van der Waals surface area contributed by atoms with Gasteiger partial charge in [0, 0.05) is 58.8 Å². The fourth-order valence-corrected chi connectivity index (χ4v) is 2.80. The summed E-state index contributed by atoms with van der Waals surface area (Å²) in [6, 6.07) is 0.422. The summed E-state index contributed by atoms with van der Waals surface area (Å²) in [6.07, 6.45) is 1.78. The van der Waals surface area contributed by atoms with Crippen LogP contribution < -0.4 is 5.32 Å². The number of nitrogens with zero attached hydrogens (tertiary/aromatic N) is 3. The first-order valence-corrected chi connectivity index (χ1v) is 7.04. The van der Waals surface area contributed by atoms with Crippen LogP contribution in [0.15, 0.2) is 0 Å². The largest absolute Gasteiger partial charge is 0.341 e. The third-order valence-electron chi connectivity index (χ3n) is 4.16. The SMILES string of the molecule is CN1CCC(N(C)C(=O)CCN2CCNCC2)C1. The summed E-state index contributed by atoms with van der Waals surface area (Å²) in [5.41, 5.74) is 0. The van der Waals surface area contributed by atoms with Crippen LogP contribution in [0, 0.1) is 0 Å². The molecule has 5 heteroatoms. The van der Waals surface area contributed by atoms with Crippen molar-refractivity contribution in [2.24, 2.45) is 0 Å². The topological polar surface area (TPSA) is 38.8 Å². The first kappa shape index (κ1) is 13.8. The van der Waals surface area contributed by atoms with Gasteiger partial charge in [-0.25, -0.2) is 0 Å². The highest BCUT2D eigenvalue weighted by Gasteiger charge is 2.26. The van der Waals surface area contributed by atoms with Crippen LogP contribution in [0.25, 0.3) is 0 Å². The molecule has 2 aliphatic rings. The van der Waals surface area contributed by atoms with Crippen LogP contribution in [-0.4, -0.2) is 86.6 Å². The summed E-state index contributed by atoms with van der Waals surface area (Å²) >= 11 is 0. The third kappa shape index (κ3) is 3.67. The second-order valence-corrected chi connectivity index (χ2v) is 5.55. The molecule has 0 aromatic heterocycles. The number of carbonyl (C=O) groups excluding carboxylic acids is 1. The van der Waals surface area contributed by atoms with E-state index in [1.54, 1.807) is 0 Å². The number of likely N-dealkylation sites (tertiary alicyclic amines) is 1. The molecule has 2 rings (SSSR count). The number of amides is 1. The molecule has 0 spiro atoms. The molecule has 2 saturated heterocycles. The Bertz CT molecular complexity index is 278. The van der Waals surface area contributed by atoms with Gasteiger partial charge in [-0.05, 0) is 20.0 Å². The Morgan fingerprint density at radius 3 is 2.67 bits per heavy atom. The van der Waals surface area contributed by atoms with Crippen molar-refractivity contribution in [1.82, 2.24) is 20.0 Å². The Hall–Kier alpha value is -0.650. The summed E-state index contributed by atoms with van der Waals surface area (Å²) in [6.45, 7) is 7.30. The molecule has 1 N–H and O–H groups in total. The lowest BCUT2D eigenvalue weighted by molar-refractivity contribution is -0.132. The van der Waals surface area contributed by atoms with E-state index in [0.29, 0.717) is 18.4 Å². The van der Waals surface area contributed by atoms with Crippen molar-refractivity contribution in [3.8, 4) is 0 Å². The fourth-order valence-electron chi connectivity index (χ4n) is 2.80. The molecule has 0 aromatic rings. The zero-order chi connectivity index (χ0) is 13.0. The van der Waals surface area contributed by atoms with Crippen molar-refractivity contribution >= 4 is 5.91 Å². The molecule has 1 unspecified atom stereocenters. The normalized spacial score (nSPS) is 26.4. The van der Waals surface area contributed by atoms with Crippen molar-refractivity contribution in [1.29, 1.82) is 0 Å². The van der Waals surface area contributed by atoms with E-state index in [-0.39, 0.29) is 0 Å². The van der Waals surface area contributed by atoms with Crippen LogP contribution in [0.5, 0.6) is 0 Å². The summed E-state index contributed by atoms with van der Waals surface area (Å²) in [4.78, 5) is 18.8. The maximum Gasteiger partial charge on any atom is 0.223 e. The zero-order valence-electron chi connectivity index (χ0n) is 11.7. The Morgan fingerprint density at radius 2 is 2.06 bits per heavy atom. The maximum atomic E-state index is 12.1. The van der Waals surface area contributed by atoms with Gasteiger partial charge in [-0.15, -0.1) is 0 Å². The Balaban J connectivity index is 1.70. The predicted molar refractivity (Wildman–Crippen MR) is 72.6 cm³/mol. The number of likely N-dealkylation sites (N-methyl/N-ethyl adjacent to an activating group) is 2. The van der Waals surface area contributed by atoms with Gasteiger partial charge in [0.1, 0.15) is 0 Å². The molecule has 0 aromatic carbocycles. The van der Waals surface area contributed by atoms with Crippen molar-refractivity contribution in [3.63, 3.8) is 0 Å². The number of hydrogen-bond donors (Lipinski definition) is 1. The number of piperazine rings is 1. The third-order valence-corrected chi connectivity index (χ3v) is 4.16. The standard InChI is InChI=1S/C13H26N4O/c1-15-7-3-12(11-15)16(2)13(18)4-8-17-9-5-14-6-10-17/h12,14H,3-11H2,1-2H3. The lowest BCUT2D eigenvalue weighted by Crippen LogP contribution is -2.45. The van der Waals surface area contributed by atoms with Crippen LogP contribution in [0.4, 0.5) is 0 Å². The molecule has 18 heavy (non-hydrogen) atoms. The zero-order valence-corrected chi connectivity index (χ0v) is 11.7. The summed E-state index contributed by atoms with van der Waals surface area (Å²) in [5.74, 6) is 0.300. The minimum Gasteiger partial charge on any atom is -0.341 e. The molecule has 104 valence electrons. The lowest BCUT2D eigenvalue weighted by atomic mass is 10.2. The predicted octanol–water partition coefficient (Wildman–Crippen LogP) is -0.556. The highest BCUT2D eigenvalue weighted by molar-refractivity contribution is 5.76. The van der Waals surface area contributed by atoms with Crippen molar-refractivity contribution in [2.45, 2.75) is 18.9 Å². The second kappa shape index (κ2) is 6.50. The van der Waals surface area contributed by atoms with Crippen molar-refractivity contribution in [2.75, 3.05) is 59.9 Å². The summed E-state index contributed by atoms with van der Waals surface area (Å²) in [7, 11) is 4.09. The second-order valence-electron chi connectivity index (χ2n) is 5.55. The minimum atomic E-state index is 0.300. The smallest absolute Gasteiger partial charge is 0.223 e. The summed E-state index contributed by atoms with van der Waals surface area (Å²) in [5, 5.41) is 3.33. The van der Waals surface area contributed by atoms with Gasteiger partial charge in [0.2, 0.25) is 5.91 Å². The molecule has 2 fully saturated rings. The van der Waals surface area contributed by atoms with E-state index in [4.69, 9.17) is 0 Å². The first-order chi connectivity index (χ1) is 8.66. The molecule has 1 atom stereocenters. The van der Waals surface area contributed by atoms with Crippen LogP contribution in [0.2, 0.25) is 0 Å². The van der Waals surface area contributed by atoms with Crippen molar-refractivity contribution < 1.29 is 4.79 Å². The summed E-state index contributed by atoms with van der Waals surface area (Å²) < 4.78 is 0. The molecule has 0 bridgehead atoms. The van der Waals surface area contributed by atoms with E-state index >= 15 is 0 Å². The van der Waals surface area contributed by atoms with E-state index in [2.05, 4.69) is 22.2 Å².